The third kappa shape index (κ3) is 2.73. The fourth-order valence-electron chi connectivity index (χ4n) is 4.51. The highest BCUT2D eigenvalue weighted by molar-refractivity contribution is 6.07. The summed E-state index contributed by atoms with van der Waals surface area (Å²) in [5, 5.41) is 14.0. The van der Waals surface area contributed by atoms with Gasteiger partial charge in [-0.25, -0.2) is 4.98 Å². The molecule has 0 aliphatic carbocycles. The highest BCUT2D eigenvalue weighted by Gasteiger charge is 2.49. The van der Waals surface area contributed by atoms with Gasteiger partial charge in [0.1, 0.15) is 5.82 Å². The second-order valence-electron chi connectivity index (χ2n) is 7.74. The average Bonchev–Trinajstić information content (AvgIpc) is 3.05. The number of amides is 1. The zero-order valence-electron chi connectivity index (χ0n) is 15.4. The lowest BCUT2D eigenvalue weighted by Gasteiger charge is -2.40. The Morgan fingerprint density at radius 3 is 2.96 bits per heavy atom. The lowest BCUT2D eigenvalue weighted by molar-refractivity contribution is 0.0277. The van der Waals surface area contributed by atoms with Crippen LogP contribution in [0.2, 0.25) is 0 Å². The molecule has 2 aliphatic heterocycles. The van der Waals surface area contributed by atoms with Gasteiger partial charge in [-0.1, -0.05) is 18.2 Å². The Kier molecular flexibility index (Phi) is 4.32. The van der Waals surface area contributed by atoms with Gasteiger partial charge in [0.15, 0.2) is 0 Å². The van der Waals surface area contributed by atoms with Crippen molar-refractivity contribution in [1.82, 2.24) is 14.8 Å². The molecular formula is C20H26N4O2. The first-order valence-electron chi connectivity index (χ1n) is 9.22. The van der Waals surface area contributed by atoms with Crippen molar-refractivity contribution >= 4 is 22.6 Å². The Morgan fingerprint density at radius 1 is 1.38 bits per heavy atom. The summed E-state index contributed by atoms with van der Waals surface area (Å²) in [7, 11) is 3.92. The number of nitrogens with one attached hydrogen (secondary N) is 1. The molecule has 6 heteroatoms. The third-order valence-corrected chi connectivity index (χ3v) is 6.14. The van der Waals surface area contributed by atoms with E-state index in [0.29, 0.717) is 30.4 Å². The van der Waals surface area contributed by atoms with Crippen LogP contribution >= 0.6 is 0 Å². The number of rotatable bonds is 3. The van der Waals surface area contributed by atoms with Crippen LogP contribution in [-0.2, 0) is 0 Å². The van der Waals surface area contributed by atoms with Crippen molar-refractivity contribution in [3.8, 4) is 0 Å². The topological polar surface area (TPSA) is 68.7 Å². The molecule has 2 N–H and O–H groups in total. The van der Waals surface area contributed by atoms with Crippen LogP contribution < -0.4 is 5.32 Å². The maximum Gasteiger partial charge on any atom is 0.254 e. The summed E-state index contributed by atoms with van der Waals surface area (Å²) in [4.78, 5) is 22.2. The number of hydrogen-bond acceptors (Lipinski definition) is 5. The van der Waals surface area contributed by atoms with E-state index in [-0.39, 0.29) is 17.9 Å². The Morgan fingerprint density at radius 2 is 2.19 bits per heavy atom. The SMILES string of the molecule is CNc1cc(C(=O)N2C[C@@H]3CN(C)CC[C@]3(CO)C2)c2ccccc2n1. The molecular weight excluding hydrogens is 328 g/mol. The number of aliphatic hydroxyl groups is 1. The van der Waals surface area contributed by atoms with E-state index >= 15 is 0 Å². The van der Waals surface area contributed by atoms with Crippen molar-refractivity contribution < 1.29 is 9.90 Å². The highest BCUT2D eigenvalue weighted by atomic mass is 16.3. The van der Waals surface area contributed by atoms with E-state index in [1.54, 1.807) is 0 Å². The number of piperidine rings is 1. The van der Waals surface area contributed by atoms with Crippen LogP contribution in [0.1, 0.15) is 16.8 Å². The average molecular weight is 354 g/mol. The number of pyridine rings is 1. The molecule has 4 rings (SSSR count). The largest absolute Gasteiger partial charge is 0.396 e. The predicted molar refractivity (Wildman–Crippen MR) is 102 cm³/mol. The molecule has 1 aromatic carbocycles. The first-order valence-corrected chi connectivity index (χ1v) is 9.22. The van der Waals surface area contributed by atoms with Crippen molar-refractivity contribution in [3.63, 3.8) is 0 Å². The fourth-order valence-corrected chi connectivity index (χ4v) is 4.51. The summed E-state index contributed by atoms with van der Waals surface area (Å²) in [5.74, 6) is 1.05. The number of aromatic nitrogens is 1. The van der Waals surface area contributed by atoms with Gasteiger partial charge in [0.05, 0.1) is 17.7 Å². The molecule has 3 heterocycles. The molecule has 2 fully saturated rings. The molecule has 2 aromatic rings. The van der Waals surface area contributed by atoms with Crippen LogP contribution in [-0.4, -0.2) is 72.7 Å². The number of anilines is 1. The first-order chi connectivity index (χ1) is 12.6. The van der Waals surface area contributed by atoms with Crippen LogP contribution in [0, 0.1) is 11.3 Å². The van der Waals surface area contributed by atoms with E-state index in [1.807, 2.05) is 42.3 Å². The van der Waals surface area contributed by atoms with Crippen molar-refractivity contribution in [1.29, 1.82) is 0 Å². The molecule has 0 spiro atoms. The van der Waals surface area contributed by atoms with Gasteiger partial charge in [0.25, 0.3) is 5.91 Å². The summed E-state index contributed by atoms with van der Waals surface area (Å²) in [6.07, 6.45) is 0.938. The molecule has 6 nitrogen and oxygen atoms in total. The number of aliphatic hydroxyl groups excluding tert-OH is 1. The molecule has 0 bridgehead atoms. The van der Waals surface area contributed by atoms with Crippen LogP contribution in [0.5, 0.6) is 0 Å². The minimum absolute atomic E-state index is 0.0324. The molecule has 26 heavy (non-hydrogen) atoms. The summed E-state index contributed by atoms with van der Waals surface area (Å²) in [5.41, 5.74) is 1.34. The van der Waals surface area contributed by atoms with E-state index < -0.39 is 0 Å². The summed E-state index contributed by atoms with van der Waals surface area (Å²) >= 11 is 0. The zero-order chi connectivity index (χ0) is 18.3. The Balaban J connectivity index is 1.69. The van der Waals surface area contributed by atoms with Gasteiger partial charge >= 0.3 is 0 Å². The monoisotopic (exact) mass is 354 g/mol. The Hall–Kier alpha value is -2.18. The molecule has 0 unspecified atom stereocenters. The predicted octanol–water partition coefficient (Wildman–Crippen LogP) is 1.66. The van der Waals surface area contributed by atoms with E-state index in [0.717, 1.165) is 30.4 Å². The Labute approximate surface area is 153 Å². The van der Waals surface area contributed by atoms with Gasteiger partial charge < -0.3 is 20.2 Å². The minimum atomic E-state index is -0.156. The van der Waals surface area contributed by atoms with Crippen LogP contribution in [0.15, 0.2) is 30.3 Å². The molecule has 2 saturated heterocycles. The second-order valence-corrected chi connectivity index (χ2v) is 7.74. The molecule has 2 aliphatic rings. The number of hydrogen-bond donors (Lipinski definition) is 2. The second kappa shape index (κ2) is 6.52. The standard InChI is InChI=1S/C20H26N4O2/c1-21-18-9-16(15-5-3-4-6-17(15)22-18)19(26)24-11-14-10-23(2)8-7-20(14,12-24)13-25/h3-6,9,14,25H,7-8,10-13H2,1-2H3,(H,21,22)/t14-,20+/m0/s1. The number of carbonyl (C=O) groups excluding carboxylic acids is 1. The maximum absolute atomic E-state index is 13.4. The molecule has 138 valence electrons. The summed E-state index contributed by atoms with van der Waals surface area (Å²) in [6.45, 7) is 3.39. The molecule has 1 amide bonds. The smallest absolute Gasteiger partial charge is 0.254 e. The number of nitrogens with zero attached hydrogens (tertiary/aromatic N) is 3. The van der Waals surface area contributed by atoms with Gasteiger partial charge in [-0.2, -0.15) is 0 Å². The zero-order valence-corrected chi connectivity index (χ0v) is 15.4. The fraction of sp³-hybridized carbons (Fsp3) is 0.500. The first kappa shape index (κ1) is 17.2. The molecule has 0 saturated carbocycles. The molecule has 1 aromatic heterocycles. The summed E-state index contributed by atoms with van der Waals surface area (Å²) in [6, 6.07) is 9.59. The number of para-hydroxylation sites is 1. The number of carbonyl (C=O) groups is 1. The van der Waals surface area contributed by atoms with Gasteiger partial charge in [0.2, 0.25) is 0 Å². The quantitative estimate of drug-likeness (QED) is 0.877. The van der Waals surface area contributed by atoms with E-state index in [2.05, 4.69) is 22.2 Å². The van der Waals surface area contributed by atoms with E-state index in [4.69, 9.17) is 0 Å². The third-order valence-electron chi connectivity index (χ3n) is 6.14. The van der Waals surface area contributed by atoms with Crippen LogP contribution in [0.25, 0.3) is 10.9 Å². The maximum atomic E-state index is 13.4. The van der Waals surface area contributed by atoms with Gasteiger partial charge in [-0.3, -0.25) is 4.79 Å². The van der Waals surface area contributed by atoms with Crippen LogP contribution in [0.3, 0.4) is 0 Å². The van der Waals surface area contributed by atoms with Crippen molar-refractivity contribution in [2.45, 2.75) is 6.42 Å². The summed E-state index contributed by atoms with van der Waals surface area (Å²) < 4.78 is 0. The van der Waals surface area contributed by atoms with E-state index in [9.17, 15) is 9.90 Å². The van der Waals surface area contributed by atoms with Gasteiger partial charge in [-0.15, -0.1) is 0 Å². The van der Waals surface area contributed by atoms with Gasteiger partial charge in [-0.05, 0) is 38.1 Å². The van der Waals surface area contributed by atoms with Crippen molar-refractivity contribution in [2.24, 2.45) is 11.3 Å². The molecule has 0 radical (unpaired) electrons. The minimum Gasteiger partial charge on any atom is -0.396 e. The number of likely N-dealkylation sites (tertiary alicyclic amines) is 2. The lowest BCUT2D eigenvalue weighted by Crippen LogP contribution is -2.47. The highest BCUT2D eigenvalue weighted by Crippen LogP contribution is 2.42. The van der Waals surface area contributed by atoms with Crippen molar-refractivity contribution in [2.75, 3.05) is 52.2 Å². The molecule has 2 atom stereocenters. The Bertz CT molecular complexity index is 840. The number of fused-ring (bicyclic) bond motifs is 2. The van der Waals surface area contributed by atoms with E-state index in [1.165, 1.54) is 0 Å². The number of benzene rings is 1. The van der Waals surface area contributed by atoms with Crippen molar-refractivity contribution in [3.05, 3.63) is 35.9 Å². The van der Waals surface area contributed by atoms with Crippen LogP contribution in [0.4, 0.5) is 5.82 Å². The lowest BCUT2D eigenvalue weighted by atomic mass is 9.73. The normalized spacial score (nSPS) is 26.1. The van der Waals surface area contributed by atoms with Gasteiger partial charge in [0, 0.05) is 37.5 Å².